The fourth-order valence-corrected chi connectivity index (χ4v) is 1.21. The predicted octanol–water partition coefficient (Wildman–Crippen LogP) is -0.991. The molecule has 0 aliphatic heterocycles. The number of aromatic nitrogens is 2. The lowest BCUT2D eigenvalue weighted by Crippen LogP contribution is -2.34. The summed E-state index contributed by atoms with van der Waals surface area (Å²) in [7, 11) is 4.54. The molecular weight excluding hydrogens is 234 g/mol. The number of imidazole rings is 1. The van der Waals surface area contributed by atoms with Gasteiger partial charge >= 0.3 is 5.95 Å². The predicted molar refractivity (Wildman–Crippen MR) is 57.6 cm³/mol. The molecule has 0 saturated heterocycles. The molecule has 0 atom stereocenters. The molecule has 0 N–H and O–H groups in total. The number of aryl methyl sites for hydroxylation is 2. The molecule has 7 nitrogen and oxygen atoms in total. The fourth-order valence-electron chi connectivity index (χ4n) is 1.21. The summed E-state index contributed by atoms with van der Waals surface area (Å²) >= 11 is 0. The largest absolute Gasteiger partial charge is 0.726 e. The van der Waals surface area contributed by atoms with Crippen molar-refractivity contribution in [1.29, 1.82) is 0 Å². The Hall–Kier alpha value is -1.12. The molecule has 0 bridgehead atoms. The highest BCUT2D eigenvalue weighted by Gasteiger charge is 2.11. The minimum Gasteiger partial charge on any atom is -0.726 e. The number of hydrogen-bond acceptors (Lipinski definition) is 5. The first-order valence-electron chi connectivity index (χ1n) is 4.38. The molecule has 1 rings (SSSR count). The van der Waals surface area contributed by atoms with Gasteiger partial charge in [-0.2, -0.15) is 0 Å². The van der Waals surface area contributed by atoms with E-state index in [1.807, 2.05) is 40.6 Å². The standard InChI is InChI=1S/C7H14N3.CH4O4S/c1-8(2)7-9(3)5-6-10(7)4;1-5-6(2,3)4/h5-6H,1-4H3;1H3,(H,2,3,4)/q+1;/p-1. The van der Waals surface area contributed by atoms with Gasteiger partial charge in [-0.3, -0.25) is 9.08 Å². The van der Waals surface area contributed by atoms with Crippen molar-refractivity contribution in [2.24, 2.45) is 14.1 Å². The van der Waals surface area contributed by atoms with Crippen molar-refractivity contribution in [3.05, 3.63) is 12.4 Å². The van der Waals surface area contributed by atoms with E-state index in [1.165, 1.54) is 5.95 Å². The summed E-state index contributed by atoms with van der Waals surface area (Å²) < 4.78 is 35.2. The average molecular weight is 251 g/mol. The third-order valence-corrected chi connectivity index (χ3v) is 2.16. The van der Waals surface area contributed by atoms with Crippen molar-refractivity contribution in [3.8, 4) is 0 Å². The molecule has 16 heavy (non-hydrogen) atoms. The second-order valence-corrected chi connectivity index (χ2v) is 4.44. The molecule has 1 aromatic heterocycles. The van der Waals surface area contributed by atoms with Crippen LogP contribution in [0, 0.1) is 0 Å². The minimum absolute atomic E-state index is 0.808. The SMILES string of the molecule is CN(C)c1n(C)cc[n+]1C.COS(=O)(=O)[O-]. The third-order valence-electron chi connectivity index (χ3n) is 1.75. The zero-order valence-corrected chi connectivity index (χ0v) is 10.9. The van der Waals surface area contributed by atoms with Crippen LogP contribution in [0.15, 0.2) is 12.4 Å². The van der Waals surface area contributed by atoms with E-state index >= 15 is 0 Å². The Balaban J connectivity index is 0.000000325. The molecule has 0 saturated carbocycles. The van der Waals surface area contributed by atoms with Crippen LogP contribution in [0.25, 0.3) is 0 Å². The summed E-state index contributed by atoms with van der Waals surface area (Å²) in [5, 5.41) is 0. The summed E-state index contributed by atoms with van der Waals surface area (Å²) in [5.74, 6) is 1.19. The summed E-state index contributed by atoms with van der Waals surface area (Å²) in [6.45, 7) is 0. The van der Waals surface area contributed by atoms with Crippen molar-refractivity contribution in [2.45, 2.75) is 0 Å². The van der Waals surface area contributed by atoms with Crippen LogP contribution < -0.4 is 9.47 Å². The van der Waals surface area contributed by atoms with Gasteiger partial charge in [-0.05, 0) is 0 Å². The van der Waals surface area contributed by atoms with E-state index in [-0.39, 0.29) is 0 Å². The summed E-state index contributed by atoms with van der Waals surface area (Å²) in [6, 6.07) is 0. The first kappa shape index (κ1) is 14.9. The fraction of sp³-hybridized carbons (Fsp3) is 0.625. The smallest absolute Gasteiger partial charge is 0.358 e. The third kappa shape index (κ3) is 5.10. The molecule has 0 aliphatic rings. The number of hydrogen-bond donors (Lipinski definition) is 0. The normalized spacial score (nSPS) is 10.6. The van der Waals surface area contributed by atoms with E-state index < -0.39 is 10.4 Å². The van der Waals surface area contributed by atoms with E-state index in [1.54, 1.807) is 0 Å². The van der Waals surface area contributed by atoms with Crippen molar-refractivity contribution in [3.63, 3.8) is 0 Å². The van der Waals surface area contributed by atoms with Crippen molar-refractivity contribution >= 4 is 16.3 Å². The van der Waals surface area contributed by atoms with E-state index in [4.69, 9.17) is 0 Å². The molecule has 0 aliphatic carbocycles. The topological polar surface area (TPSA) is 78.5 Å². The van der Waals surface area contributed by atoms with Gasteiger partial charge in [0.05, 0.1) is 47.7 Å². The maximum Gasteiger partial charge on any atom is 0.358 e. The van der Waals surface area contributed by atoms with Gasteiger partial charge in [0.2, 0.25) is 10.4 Å². The zero-order chi connectivity index (χ0) is 12.9. The van der Waals surface area contributed by atoms with Crippen LogP contribution in [0.3, 0.4) is 0 Å². The summed E-state index contributed by atoms with van der Waals surface area (Å²) in [5.41, 5.74) is 0. The molecule has 94 valence electrons. The minimum atomic E-state index is -4.41. The molecule has 0 radical (unpaired) electrons. The Labute approximate surface area is 95.8 Å². The summed E-state index contributed by atoms with van der Waals surface area (Å²) in [6.07, 6.45) is 4.07. The molecule has 0 spiro atoms. The van der Waals surface area contributed by atoms with Crippen LogP contribution in [0.2, 0.25) is 0 Å². The van der Waals surface area contributed by atoms with Crippen LogP contribution in [0.5, 0.6) is 0 Å². The van der Waals surface area contributed by atoms with Crippen LogP contribution >= 0.6 is 0 Å². The summed E-state index contributed by atoms with van der Waals surface area (Å²) in [4.78, 5) is 2.08. The second-order valence-electron chi connectivity index (χ2n) is 3.29. The van der Waals surface area contributed by atoms with Gasteiger partial charge < -0.3 is 4.55 Å². The van der Waals surface area contributed by atoms with E-state index in [2.05, 4.69) is 18.2 Å². The van der Waals surface area contributed by atoms with Gasteiger partial charge in [0.25, 0.3) is 0 Å². The Bertz CT molecular complexity index is 405. The number of nitrogens with zero attached hydrogens (tertiary/aromatic N) is 3. The van der Waals surface area contributed by atoms with Crippen molar-refractivity contribution in [1.82, 2.24) is 4.57 Å². The van der Waals surface area contributed by atoms with E-state index in [9.17, 15) is 13.0 Å². The average Bonchev–Trinajstić information content (AvgIpc) is 2.46. The molecular formula is C8H17N3O4S. The van der Waals surface area contributed by atoms with Crippen LogP contribution in [-0.2, 0) is 28.7 Å². The number of rotatable bonds is 2. The molecule has 0 fully saturated rings. The lowest BCUT2D eigenvalue weighted by Gasteiger charge is -2.05. The number of anilines is 1. The van der Waals surface area contributed by atoms with E-state index in [0.717, 1.165) is 7.11 Å². The molecule has 8 heteroatoms. The van der Waals surface area contributed by atoms with Crippen LogP contribution in [0.1, 0.15) is 0 Å². The van der Waals surface area contributed by atoms with Crippen LogP contribution in [-0.4, -0.2) is 38.7 Å². The quantitative estimate of drug-likeness (QED) is 0.383. The molecule has 0 amide bonds. The van der Waals surface area contributed by atoms with Gasteiger partial charge in [0.15, 0.2) is 0 Å². The monoisotopic (exact) mass is 251 g/mol. The Morgan fingerprint density at radius 2 is 1.94 bits per heavy atom. The zero-order valence-electron chi connectivity index (χ0n) is 10.0. The molecule has 1 aromatic rings. The van der Waals surface area contributed by atoms with Gasteiger partial charge in [-0.25, -0.2) is 17.6 Å². The molecule has 1 heterocycles. The Kier molecular flexibility index (Phi) is 5.42. The maximum absolute atomic E-state index is 9.22. The maximum atomic E-state index is 9.22. The Morgan fingerprint density at radius 3 is 2.06 bits per heavy atom. The molecule has 0 aromatic carbocycles. The second kappa shape index (κ2) is 5.83. The highest BCUT2D eigenvalue weighted by molar-refractivity contribution is 7.80. The first-order valence-corrected chi connectivity index (χ1v) is 5.72. The van der Waals surface area contributed by atoms with Crippen LogP contribution in [0.4, 0.5) is 5.95 Å². The highest BCUT2D eigenvalue weighted by Crippen LogP contribution is 2.00. The Morgan fingerprint density at radius 1 is 1.50 bits per heavy atom. The van der Waals surface area contributed by atoms with Gasteiger partial charge in [0, 0.05) is 0 Å². The van der Waals surface area contributed by atoms with E-state index in [0.29, 0.717) is 0 Å². The van der Waals surface area contributed by atoms with Crippen molar-refractivity contribution in [2.75, 3.05) is 26.1 Å². The van der Waals surface area contributed by atoms with Gasteiger partial charge in [-0.15, -0.1) is 0 Å². The van der Waals surface area contributed by atoms with Gasteiger partial charge in [0.1, 0.15) is 0 Å². The highest BCUT2D eigenvalue weighted by atomic mass is 32.3. The van der Waals surface area contributed by atoms with Crippen molar-refractivity contribution < 1.29 is 21.7 Å². The lowest BCUT2D eigenvalue weighted by atomic mass is 10.8. The van der Waals surface area contributed by atoms with Gasteiger partial charge in [-0.1, -0.05) is 0 Å². The molecule has 0 unspecified atom stereocenters. The first-order chi connectivity index (χ1) is 7.19. The lowest BCUT2D eigenvalue weighted by molar-refractivity contribution is -0.657.